The molecule has 1 N–H and O–H groups in total. The molecule has 1 aromatic heterocycles. The minimum atomic E-state index is -0.769. The molecule has 0 bridgehead atoms. The normalized spacial score (nSPS) is 22.7. The van der Waals surface area contributed by atoms with Crippen molar-refractivity contribution in [1.82, 2.24) is 30.0 Å². The highest BCUT2D eigenvalue weighted by atomic mass is 16.3. The van der Waals surface area contributed by atoms with E-state index in [0.717, 1.165) is 0 Å². The van der Waals surface area contributed by atoms with E-state index < -0.39 is 5.60 Å². The first-order valence-corrected chi connectivity index (χ1v) is 6.84. The number of amides is 1. The van der Waals surface area contributed by atoms with Crippen molar-refractivity contribution in [2.75, 3.05) is 33.7 Å². The van der Waals surface area contributed by atoms with Crippen LogP contribution in [0.5, 0.6) is 0 Å². The van der Waals surface area contributed by atoms with E-state index in [4.69, 9.17) is 0 Å². The number of likely N-dealkylation sites (tertiary alicyclic amines) is 1. The average Bonchev–Trinajstić information content (AvgIpc) is 2.98. The number of aromatic nitrogens is 4. The molecule has 2 heterocycles. The molecule has 1 amide bonds. The van der Waals surface area contributed by atoms with Crippen LogP contribution in [0.15, 0.2) is 6.33 Å². The molecule has 8 heteroatoms. The second-order valence-corrected chi connectivity index (χ2v) is 5.70. The van der Waals surface area contributed by atoms with Crippen LogP contribution in [0.25, 0.3) is 0 Å². The molecule has 1 atom stereocenters. The third-order valence-electron chi connectivity index (χ3n) is 3.46. The summed E-state index contributed by atoms with van der Waals surface area (Å²) in [6, 6.07) is 0. The van der Waals surface area contributed by atoms with E-state index in [2.05, 4.69) is 15.5 Å². The smallest absolute Gasteiger partial charge is 0.222 e. The highest BCUT2D eigenvalue weighted by Crippen LogP contribution is 2.22. The quantitative estimate of drug-likeness (QED) is 0.718. The summed E-state index contributed by atoms with van der Waals surface area (Å²) in [7, 11) is 3.85. The Morgan fingerprint density at radius 3 is 2.95 bits per heavy atom. The van der Waals surface area contributed by atoms with Gasteiger partial charge in [0.1, 0.15) is 6.33 Å². The topological polar surface area (TPSA) is 87.4 Å². The summed E-state index contributed by atoms with van der Waals surface area (Å²) in [4.78, 5) is 15.8. The lowest BCUT2D eigenvalue weighted by Crippen LogP contribution is -2.43. The number of aliphatic hydroxyl groups is 1. The van der Waals surface area contributed by atoms with E-state index >= 15 is 0 Å². The van der Waals surface area contributed by atoms with E-state index in [-0.39, 0.29) is 5.91 Å². The zero-order valence-electron chi connectivity index (χ0n) is 12.1. The number of β-amino-alcohol motifs (C(OH)–C–C–N with tert-alkyl or cyclic N) is 1. The highest BCUT2D eigenvalue weighted by Gasteiger charge is 2.38. The van der Waals surface area contributed by atoms with Crippen LogP contribution in [0.1, 0.15) is 19.3 Å². The van der Waals surface area contributed by atoms with Crippen molar-refractivity contribution in [3.05, 3.63) is 6.33 Å². The van der Waals surface area contributed by atoms with Gasteiger partial charge in [0.15, 0.2) is 0 Å². The lowest BCUT2D eigenvalue weighted by molar-refractivity contribution is -0.131. The Kier molecular flexibility index (Phi) is 4.66. The maximum atomic E-state index is 12.1. The lowest BCUT2D eigenvalue weighted by Gasteiger charge is -2.26. The van der Waals surface area contributed by atoms with Gasteiger partial charge in [0, 0.05) is 26.1 Å². The summed E-state index contributed by atoms with van der Waals surface area (Å²) in [5.41, 5.74) is -0.769. The van der Waals surface area contributed by atoms with E-state index in [0.29, 0.717) is 45.4 Å². The summed E-state index contributed by atoms with van der Waals surface area (Å²) in [6.07, 6.45) is 3.34. The van der Waals surface area contributed by atoms with Crippen molar-refractivity contribution >= 4 is 5.91 Å². The molecule has 2 rings (SSSR count). The molecule has 1 unspecified atom stereocenters. The molecular weight excluding hydrogens is 260 g/mol. The first kappa shape index (κ1) is 14.9. The SMILES string of the molecule is CN(C)CC1(O)CCN(C(=O)CCCn2cnnn2)C1. The molecule has 1 aliphatic heterocycles. The van der Waals surface area contributed by atoms with Gasteiger partial charge in [-0.25, -0.2) is 4.68 Å². The Bertz CT molecular complexity index is 435. The fourth-order valence-corrected chi connectivity index (χ4v) is 2.62. The maximum absolute atomic E-state index is 12.1. The molecule has 1 aliphatic rings. The number of rotatable bonds is 6. The molecule has 1 saturated heterocycles. The van der Waals surface area contributed by atoms with Crippen molar-refractivity contribution in [3.8, 4) is 0 Å². The number of likely N-dealkylation sites (N-methyl/N-ethyl adjacent to an activating group) is 1. The van der Waals surface area contributed by atoms with E-state index in [9.17, 15) is 9.90 Å². The van der Waals surface area contributed by atoms with Gasteiger partial charge in [-0.15, -0.1) is 5.10 Å². The van der Waals surface area contributed by atoms with Crippen LogP contribution in [0, 0.1) is 0 Å². The van der Waals surface area contributed by atoms with Gasteiger partial charge < -0.3 is 14.9 Å². The molecule has 0 spiro atoms. The number of carbonyl (C=O) groups excluding carboxylic acids is 1. The first-order valence-electron chi connectivity index (χ1n) is 6.84. The Labute approximate surface area is 118 Å². The van der Waals surface area contributed by atoms with Crippen molar-refractivity contribution in [3.63, 3.8) is 0 Å². The molecule has 0 saturated carbocycles. The molecular formula is C12H22N6O2. The van der Waals surface area contributed by atoms with Gasteiger partial charge in [-0.2, -0.15) is 0 Å². The van der Waals surface area contributed by atoms with Crippen LogP contribution in [-0.2, 0) is 11.3 Å². The maximum Gasteiger partial charge on any atom is 0.222 e. The summed E-state index contributed by atoms with van der Waals surface area (Å²) in [5.74, 6) is 0.0905. The molecule has 112 valence electrons. The van der Waals surface area contributed by atoms with Crippen molar-refractivity contribution < 1.29 is 9.90 Å². The number of carbonyl (C=O) groups is 1. The number of tetrazole rings is 1. The van der Waals surface area contributed by atoms with Crippen LogP contribution in [0.2, 0.25) is 0 Å². The van der Waals surface area contributed by atoms with E-state index in [1.165, 1.54) is 6.33 Å². The van der Waals surface area contributed by atoms with Crippen molar-refractivity contribution in [2.24, 2.45) is 0 Å². The Hall–Kier alpha value is -1.54. The molecule has 0 radical (unpaired) electrons. The van der Waals surface area contributed by atoms with Crippen molar-refractivity contribution in [1.29, 1.82) is 0 Å². The summed E-state index contributed by atoms with van der Waals surface area (Å²) in [5, 5.41) is 21.2. The molecule has 1 fully saturated rings. The third-order valence-corrected chi connectivity index (χ3v) is 3.46. The standard InChI is InChI=1S/C12H22N6O2/c1-16(2)8-12(20)5-7-17(9-12)11(19)4-3-6-18-10-13-14-15-18/h10,20H,3-9H2,1-2H3. The second kappa shape index (κ2) is 6.27. The van der Waals surface area contributed by atoms with Gasteiger partial charge in [-0.1, -0.05) is 0 Å². The minimum Gasteiger partial charge on any atom is -0.387 e. The molecule has 1 aromatic rings. The molecule has 20 heavy (non-hydrogen) atoms. The van der Waals surface area contributed by atoms with Crippen molar-refractivity contribution in [2.45, 2.75) is 31.4 Å². The van der Waals surface area contributed by atoms with Gasteiger partial charge >= 0.3 is 0 Å². The van der Waals surface area contributed by atoms with Crippen LogP contribution in [0.4, 0.5) is 0 Å². The zero-order valence-corrected chi connectivity index (χ0v) is 12.1. The fourth-order valence-electron chi connectivity index (χ4n) is 2.62. The Balaban J connectivity index is 1.74. The zero-order chi connectivity index (χ0) is 14.6. The summed E-state index contributed by atoms with van der Waals surface area (Å²) < 4.78 is 1.61. The predicted octanol–water partition coefficient (Wildman–Crippen LogP) is -1.02. The number of aryl methyl sites for hydroxylation is 1. The monoisotopic (exact) mass is 282 g/mol. The fraction of sp³-hybridized carbons (Fsp3) is 0.833. The van der Waals surface area contributed by atoms with Crippen LogP contribution in [-0.4, -0.2) is 80.4 Å². The summed E-state index contributed by atoms with van der Waals surface area (Å²) in [6.45, 7) is 2.28. The number of hydrogen-bond acceptors (Lipinski definition) is 6. The largest absolute Gasteiger partial charge is 0.387 e. The second-order valence-electron chi connectivity index (χ2n) is 5.70. The van der Waals surface area contributed by atoms with Crippen LogP contribution in [0.3, 0.4) is 0 Å². The molecule has 8 nitrogen and oxygen atoms in total. The van der Waals surface area contributed by atoms with E-state index in [1.54, 1.807) is 9.58 Å². The third kappa shape index (κ3) is 3.97. The minimum absolute atomic E-state index is 0.0905. The lowest BCUT2D eigenvalue weighted by atomic mass is 10.0. The van der Waals surface area contributed by atoms with Crippen LogP contribution >= 0.6 is 0 Å². The van der Waals surface area contributed by atoms with Gasteiger partial charge in [0.2, 0.25) is 5.91 Å². The average molecular weight is 282 g/mol. The predicted molar refractivity (Wildman–Crippen MR) is 71.8 cm³/mol. The molecule has 0 aliphatic carbocycles. The first-order chi connectivity index (χ1) is 9.48. The number of hydrogen-bond donors (Lipinski definition) is 1. The molecule has 0 aromatic carbocycles. The Morgan fingerprint density at radius 2 is 2.30 bits per heavy atom. The number of nitrogens with zero attached hydrogens (tertiary/aromatic N) is 6. The van der Waals surface area contributed by atoms with Gasteiger partial charge in [0.05, 0.1) is 12.1 Å². The van der Waals surface area contributed by atoms with Crippen LogP contribution < -0.4 is 0 Å². The highest BCUT2D eigenvalue weighted by molar-refractivity contribution is 5.76. The summed E-state index contributed by atoms with van der Waals surface area (Å²) >= 11 is 0. The van der Waals surface area contributed by atoms with E-state index in [1.807, 2.05) is 19.0 Å². The van der Waals surface area contributed by atoms with Gasteiger partial charge in [-0.3, -0.25) is 4.79 Å². The van der Waals surface area contributed by atoms with Gasteiger partial charge in [0.25, 0.3) is 0 Å². The van der Waals surface area contributed by atoms with Gasteiger partial charge in [-0.05, 0) is 37.4 Å². The Morgan fingerprint density at radius 1 is 1.50 bits per heavy atom.